The molecule has 17 heavy (non-hydrogen) atoms. The number of benzene rings is 1. The molecular weight excluding hydrogens is 223 g/mol. The van der Waals surface area contributed by atoms with E-state index in [9.17, 15) is 4.39 Å². The first-order valence-corrected chi connectivity index (χ1v) is 5.76. The van der Waals surface area contributed by atoms with Crippen LogP contribution in [0.2, 0.25) is 0 Å². The molecule has 1 N–H and O–H groups in total. The quantitative estimate of drug-likeness (QED) is 0.867. The molecule has 1 aliphatic heterocycles. The monoisotopic (exact) mass is 236 g/mol. The van der Waals surface area contributed by atoms with Gasteiger partial charge in [0.1, 0.15) is 17.3 Å². The summed E-state index contributed by atoms with van der Waals surface area (Å²) in [6.07, 6.45) is 1.90. The molecule has 2 aromatic rings. The maximum absolute atomic E-state index is 13.6. The Labute approximate surface area is 97.7 Å². The van der Waals surface area contributed by atoms with Crippen LogP contribution in [0.3, 0.4) is 0 Å². The van der Waals surface area contributed by atoms with Crippen LogP contribution in [-0.4, -0.2) is 24.4 Å². The Balaban J connectivity index is 1.89. The van der Waals surface area contributed by atoms with Gasteiger partial charge in [-0.15, -0.1) is 0 Å². The highest BCUT2D eigenvalue weighted by molar-refractivity contribution is 5.82. The number of piperidine rings is 1. The highest BCUT2D eigenvalue weighted by atomic mass is 19.1. The van der Waals surface area contributed by atoms with Crippen LogP contribution in [0.5, 0.6) is 5.88 Å². The first-order valence-electron chi connectivity index (χ1n) is 5.76. The van der Waals surface area contributed by atoms with Crippen molar-refractivity contribution in [2.75, 3.05) is 13.1 Å². The highest BCUT2D eigenvalue weighted by Crippen LogP contribution is 2.28. The molecule has 0 radical (unpaired) electrons. The number of nitrogens with one attached hydrogen (secondary N) is 1. The molecule has 0 spiro atoms. The van der Waals surface area contributed by atoms with Crippen LogP contribution in [0.15, 0.2) is 22.7 Å². The molecule has 0 atom stereocenters. The van der Waals surface area contributed by atoms with Crippen LogP contribution in [0, 0.1) is 5.82 Å². The van der Waals surface area contributed by atoms with Crippen LogP contribution >= 0.6 is 0 Å². The van der Waals surface area contributed by atoms with E-state index in [0.717, 1.165) is 25.9 Å². The average Bonchev–Trinajstić information content (AvgIpc) is 2.75. The van der Waals surface area contributed by atoms with Gasteiger partial charge in [-0.2, -0.15) is 0 Å². The van der Waals surface area contributed by atoms with Gasteiger partial charge in [-0.25, -0.2) is 4.39 Å². The van der Waals surface area contributed by atoms with Crippen molar-refractivity contribution in [3.8, 4) is 5.88 Å². The Bertz CT molecular complexity index is 520. The fourth-order valence-electron chi connectivity index (χ4n) is 2.08. The van der Waals surface area contributed by atoms with Crippen LogP contribution in [0.1, 0.15) is 12.8 Å². The van der Waals surface area contributed by atoms with E-state index in [-0.39, 0.29) is 17.8 Å². The maximum atomic E-state index is 13.6. The molecule has 5 heteroatoms. The molecular formula is C12H13FN2O2. The van der Waals surface area contributed by atoms with Crippen molar-refractivity contribution in [3.05, 3.63) is 24.0 Å². The van der Waals surface area contributed by atoms with E-state index in [2.05, 4.69) is 10.5 Å². The fraction of sp³-hybridized carbons (Fsp3) is 0.417. The molecule has 0 unspecified atom stereocenters. The third-order valence-corrected chi connectivity index (χ3v) is 2.98. The lowest BCUT2D eigenvalue weighted by atomic mass is 10.1. The predicted octanol–water partition coefficient (Wildman–Crippen LogP) is 2.10. The van der Waals surface area contributed by atoms with Crippen LogP contribution in [0.25, 0.3) is 11.0 Å². The van der Waals surface area contributed by atoms with Crippen LogP contribution in [0.4, 0.5) is 4.39 Å². The van der Waals surface area contributed by atoms with Gasteiger partial charge >= 0.3 is 0 Å². The van der Waals surface area contributed by atoms with Crippen molar-refractivity contribution in [1.29, 1.82) is 0 Å². The second kappa shape index (κ2) is 4.33. The van der Waals surface area contributed by atoms with Crippen molar-refractivity contribution in [2.24, 2.45) is 0 Å². The molecule has 1 aliphatic rings. The normalized spacial score (nSPS) is 17.5. The lowest BCUT2D eigenvalue weighted by Crippen LogP contribution is -2.34. The first kappa shape index (κ1) is 10.5. The Morgan fingerprint density at radius 2 is 2.18 bits per heavy atom. The zero-order chi connectivity index (χ0) is 11.7. The molecule has 0 saturated carbocycles. The number of fused-ring (bicyclic) bond motifs is 1. The second-order valence-electron chi connectivity index (χ2n) is 4.17. The smallest absolute Gasteiger partial charge is 0.265 e. The summed E-state index contributed by atoms with van der Waals surface area (Å²) in [7, 11) is 0. The highest BCUT2D eigenvalue weighted by Gasteiger charge is 2.20. The number of hydrogen-bond acceptors (Lipinski definition) is 4. The number of ether oxygens (including phenoxy) is 1. The van der Waals surface area contributed by atoms with Gasteiger partial charge in [0, 0.05) is 0 Å². The predicted molar refractivity (Wildman–Crippen MR) is 60.5 cm³/mol. The fourth-order valence-corrected chi connectivity index (χ4v) is 2.08. The van der Waals surface area contributed by atoms with Crippen LogP contribution in [-0.2, 0) is 0 Å². The summed E-state index contributed by atoms with van der Waals surface area (Å²) in [6.45, 7) is 1.84. The summed E-state index contributed by atoms with van der Waals surface area (Å²) in [6, 6.07) is 4.66. The molecule has 0 amide bonds. The SMILES string of the molecule is Fc1cccc2onc(OC3CCNCC3)c12. The van der Waals surface area contributed by atoms with Crippen molar-refractivity contribution >= 4 is 11.0 Å². The molecule has 1 aromatic heterocycles. The summed E-state index contributed by atoms with van der Waals surface area (Å²) >= 11 is 0. The summed E-state index contributed by atoms with van der Waals surface area (Å²) in [5.74, 6) is -0.0855. The molecule has 1 aromatic carbocycles. The van der Waals surface area contributed by atoms with Crippen molar-refractivity contribution in [3.63, 3.8) is 0 Å². The van der Waals surface area contributed by atoms with E-state index >= 15 is 0 Å². The topological polar surface area (TPSA) is 47.3 Å². The van der Waals surface area contributed by atoms with Gasteiger partial charge in [0.2, 0.25) is 0 Å². The number of rotatable bonds is 2. The largest absolute Gasteiger partial charge is 0.472 e. The van der Waals surface area contributed by atoms with Crippen LogP contribution < -0.4 is 10.1 Å². The van der Waals surface area contributed by atoms with E-state index in [1.165, 1.54) is 6.07 Å². The Hall–Kier alpha value is -1.62. The molecule has 2 heterocycles. The van der Waals surface area contributed by atoms with Gasteiger partial charge in [0.25, 0.3) is 5.88 Å². The van der Waals surface area contributed by atoms with Crippen molar-refractivity contribution < 1.29 is 13.7 Å². The summed E-state index contributed by atoms with van der Waals surface area (Å²) in [5.41, 5.74) is 0.425. The number of aromatic nitrogens is 1. The van der Waals surface area contributed by atoms with Crippen molar-refractivity contribution in [2.45, 2.75) is 18.9 Å². The number of hydrogen-bond donors (Lipinski definition) is 1. The summed E-state index contributed by atoms with van der Waals surface area (Å²) < 4.78 is 24.4. The van der Waals surface area contributed by atoms with Gasteiger partial charge < -0.3 is 14.6 Å². The lowest BCUT2D eigenvalue weighted by Gasteiger charge is -2.22. The molecule has 90 valence electrons. The molecule has 1 saturated heterocycles. The number of halogens is 1. The van der Waals surface area contributed by atoms with E-state index in [1.54, 1.807) is 12.1 Å². The third-order valence-electron chi connectivity index (χ3n) is 2.98. The molecule has 0 aliphatic carbocycles. The van der Waals surface area contributed by atoms with Crippen molar-refractivity contribution in [1.82, 2.24) is 10.5 Å². The molecule has 1 fully saturated rings. The zero-order valence-corrected chi connectivity index (χ0v) is 9.28. The Morgan fingerprint density at radius 1 is 1.35 bits per heavy atom. The van der Waals surface area contributed by atoms with E-state index in [1.807, 2.05) is 0 Å². The number of nitrogens with zero attached hydrogens (tertiary/aromatic N) is 1. The molecule has 0 bridgehead atoms. The van der Waals surface area contributed by atoms with E-state index < -0.39 is 0 Å². The standard InChI is InChI=1S/C12H13FN2O2/c13-9-2-1-3-10-11(9)12(15-17-10)16-8-4-6-14-7-5-8/h1-3,8,14H,4-7H2. The first-order chi connectivity index (χ1) is 8.34. The molecule has 3 rings (SSSR count). The van der Waals surface area contributed by atoms with E-state index in [0.29, 0.717) is 11.0 Å². The second-order valence-corrected chi connectivity index (χ2v) is 4.17. The van der Waals surface area contributed by atoms with Gasteiger partial charge in [0.15, 0.2) is 5.58 Å². The van der Waals surface area contributed by atoms with E-state index in [4.69, 9.17) is 9.26 Å². The third kappa shape index (κ3) is 1.98. The lowest BCUT2D eigenvalue weighted by molar-refractivity contribution is 0.150. The summed E-state index contributed by atoms with van der Waals surface area (Å²) in [5, 5.41) is 7.38. The Kier molecular flexibility index (Phi) is 2.68. The maximum Gasteiger partial charge on any atom is 0.265 e. The zero-order valence-electron chi connectivity index (χ0n) is 9.28. The van der Waals surface area contributed by atoms with Gasteiger partial charge in [-0.3, -0.25) is 0 Å². The minimum Gasteiger partial charge on any atom is -0.472 e. The molecule has 4 nitrogen and oxygen atoms in total. The minimum atomic E-state index is -0.354. The average molecular weight is 236 g/mol. The minimum absolute atomic E-state index is 0.0872. The van der Waals surface area contributed by atoms with Gasteiger partial charge in [-0.1, -0.05) is 6.07 Å². The van der Waals surface area contributed by atoms with Gasteiger partial charge in [-0.05, 0) is 43.2 Å². The van der Waals surface area contributed by atoms with Gasteiger partial charge in [0.05, 0.1) is 0 Å². The Morgan fingerprint density at radius 3 is 3.00 bits per heavy atom. The summed E-state index contributed by atoms with van der Waals surface area (Å²) in [4.78, 5) is 0.